The molecule has 11 heteroatoms. The first-order valence-electron chi connectivity index (χ1n) is 10.6. The third-order valence-corrected chi connectivity index (χ3v) is 5.32. The fourth-order valence-electron chi connectivity index (χ4n) is 3.60. The number of aromatic nitrogens is 3. The largest absolute Gasteiger partial charge is 0.417 e. The van der Waals surface area contributed by atoms with Gasteiger partial charge in [0, 0.05) is 37.6 Å². The van der Waals surface area contributed by atoms with E-state index in [4.69, 9.17) is 0 Å². The van der Waals surface area contributed by atoms with Crippen LogP contribution in [-0.4, -0.2) is 33.6 Å². The molecule has 4 rings (SSSR count). The normalized spacial score (nSPS) is 11.3. The van der Waals surface area contributed by atoms with Gasteiger partial charge in [-0.15, -0.1) is 0 Å². The van der Waals surface area contributed by atoms with Crippen molar-refractivity contribution in [2.75, 3.05) is 12.4 Å². The number of nitrogens with one attached hydrogen (secondary N) is 2. The number of nitrogens with zero attached hydrogens (tertiary/aromatic N) is 3. The molecule has 0 bridgehead atoms. The van der Waals surface area contributed by atoms with Gasteiger partial charge in [0.25, 0.3) is 11.8 Å². The summed E-state index contributed by atoms with van der Waals surface area (Å²) in [5.74, 6) is -2.86. The molecule has 0 aliphatic rings. The molecule has 0 unspecified atom stereocenters. The monoisotopic (exact) mass is 497 g/mol. The molecule has 0 spiro atoms. The van der Waals surface area contributed by atoms with Crippen LogP contribution in [0.5, 0.6) is 0 Å². The zero-order valence-electron chi connectivity index (χ0n) is 19.0. The zero-order valence-corrected chi connectivity index (χ0v) is 19.0. The Morgan fingerprint density at radius 2 is 1.72 bits per heavy atom. The van der Waals surface area contributed by atoms with Gasteiger partial charge in [0.15, 0.2) is 0 Å². The highest BCUT2D eigenvalue weighted by Crippen LogP contribution is 2.38. The second kappa shape index (κ2) is 9.61. The molecule has 2 N–H and O–H groups in total. The van der Waals surface area contributed by atoms with Crippen molar-refractivity contribution in [2.45, 2.75) is 6.18 Å². The number of halogens is 4. The van der Waals surface area contributed by atoms with Crippen LogP contribution >= 0.6 is 0 Å². The Labute approximate surface area is 202 Å². The molecule has 2 amide bonds. The maximum absolute atomic E-state index is 14.9. The van der Waals surface area contributed by atoms with Crippen molar-refractivity contribution >= 4 is 17.5 Å². The summed E-state index contributed by atoms with van der Waals surface area (Å²) < 4.78 is 57.1. The van der Waals surface area contributed by atoms with Crippen molar-refractivity contribution in [1.29, 1.82) is 0 Å². The van der Waals surface area contributed by atoms with Crippen LogP contribution in [0.25, 0.3) is 22.5 Å². The molecule has 2 aromatic heterocycles. The van der Waals surface area contributed by atoms with Gasteiger partial charge < -0.3 is 10.6 Å². The summed E-state index contributed by atoms with van der Waals surface area (Å²) >= 11 is 0. The van der Waals surface area contributed by atoms with Gasteiger partial charge in [0.2, 0.25) is 0 Å². The van der Waals surface area contributed by atoms with E-state index >= 15 is 0 Å². The van der Waals surface area contributed by atoms with E-state index in [9.17, 15) is 27.2 Å². The van der Waals surface area contributed by atoms with Gasteiger partial charge in [-0.25, -0.2) is 4.39 Å². The molecule has 0 saturated heterocycles. The van der Waals surface area contributed by atoms with Gasteiger partial charge >= 0.3 is 6.18 Å². The highest BCUT2D eigenvalue weighted by Gasteiger charge is 2.36. The Hall–Kier alpha value is -4.54. The molecule has 2 aromatic carbocycles. The van der Waals surface area contributed by atoms with E-state index in [0.29, 0.717) is 5.56 Å². The lowest BCUT2D eigenvalue weighted by atomic mass is 9.99. The van der Waals surface area contributed by atoms with Crippen molar-refractivity contribution in [3.8, 4) is 22.5 Å². The van der Waals surface area contributed by atoms with E-state index in [0.717, 1.165) is 6.07 Å². The maximum atomic E-state index is 14.9. The third-order valence-electron chi connectivity index (χ3n) is 5.32. The van der Waals surface area contributed by atoms with Crippen LogP contribution in [-0.2, 0) is 13.2 Å². The molecule has 7 nitrogen and oxygen atoms in total. The van der Waals surface area contributed by atoms with E-state index in [1.54, 1.807) is 30.3 Å². The number of hydrogen-bond acceptors (Lipinski definition) is 4. The second-order valence-corrected chi connectivity index (χ2v) is 7.77. The van der Waals surface area contributed by atoms with Crippen molar-refractivity contribution in [2.24, 2.45) is 7.05 Å². The first kappa shape index (κ1) is 24.6. The quantitative estimate of drug-likeness (QED) is 0.383. The number of alkyl halides is 3. The molecular weight excluding hydrogens is 478 g/mol. The molecule has 0 saturated carbocycles. The number of aryl methyl sites for hydroxylation is 1. The first-order chi connectivity index (χ1) is 17.1. The van der Waals surface area contributed by atoms with Crippen LogP contribution < -0.4 is 10.6 Å². The number of hydrogen-bond donors (Lipinski definition) is 2. The third kappa shape index (κ3) is 4.95. The summed E-state index contributed by atoms with van der Waals surface area (Å²) in [5, 5.41) is 8.91. The summed E-state index contributed by atoms with van der Waals surface area (Å²) in [5.41, 5.74) is -1.34. The van der Waals surface area contributed by atoms with Crippen molar-refractivity contribution in [3.05, 3.63) is 89.5 Å². The van der Waals surface area contributed by atoms with Gasteiger partial charge in [-0.05, 0) is 24.3 Å². The van der Waals surface area contributed by atoms with E-state index < -0.39 is 40.5 Å². The molecular formula is C25H19F4N5O2. The summed E-state index contributed by atoms with van der Waals surface area (Å²) in [7, 11) is 2.94. The standard InChI is InChI=1S/C25H19F4N5O2/c1-30-23(35)15-10-21(22(31-13-15)14-6-4-3-5-7-14)32-24(36)17-11-16(20-8-9-34(2)33-20)18(12-19(17)26)25(27,28)29/h3-13H,1-2H3,(H,30,35)(H,32,36). The smallest absolute Gasteiger partial charge is 0.355 e. The number of pyridine rings is 1. The second-order valence-electron chi connectivity index (χ2n) is 7.77. The topological polar surface area (TPSA) is 88.9 Å². The van der Waals surface area contributed by atoms with Crippen molar-refractivity contribution < 1.29 is 27.2 Å². The fourth-order valence-corrected chi connectivity index (χ4v) is 3.60. The highest BCUT2D eigenvalue weighted by molar-refractivity contribution is 6.07. The van der Waals surface area contributed by atoms with Gasteiger partial charge in [-0.2, -0.15) is 18.3 Å². The van der Waals surface area contributed by atoms with Gasteiger partial charge in [-0.1, -0.05) is 30.3 Å². The molecule has 0 radical (unpaired) electrons. The lowest BCUT2D eigenvalue weighted by Gasteiger charge is -2.16. The van der Waals surface area contributed by atoms with Crippen molar-refractivity contribution in [1.82, 2.24) is 20.1 Å². The summed E-state index contributed by atoms with van der Waals surface area (Å²) in [4.78, 5) is 29.5. The van der Waals surface area contributed by atoms with Crippen LogP contribution in [0.15, 0.2) is 67.0 Å². The average molecular weight is 497 g/mol. The molecule has 36 heavy (non-hydrogen) atoms. The lowest BCUT2D eigenvalue weighted by molar-refractivity contribution is -0.137. The molecule has 4 aromatic rings. The Kier molecular flexibility index (Phi) is 6.56. The average Bonchev–Trinajstić information content (AvgIpc) is 3.29. The van der Waals surface area contributed by atoms with E-state index in [-0.39, 0.29) is 28.7 Å². The number of anilines is 1. The number of amides is 2. The summed E-state index contributed by atoms with van der Waals surface area (Å²) in [6.07, 6.45) is -2.13. The Morgan fingerprint density at radius 1 is 1.00 bits per heavy atom. The highest BCUT2D eigenvalue weighted by atomic mass is 19.4. The zero-order chi connectivity index (χ0) is 26.0. The Bertz CT molecular complexity index is 1450. The van der Waals surface area contributed by atoms with E-state index in [1.807, 2.05) is 0 Å². The van der Waals surface area contributed by atoms with Crippen LogP contribution in [0.3, 0.4) is 0 Å². The number of carbonyl (C=O) groups excluding carboxylic acids is 2. The van der Waals surface area contributed by atoms with Gasteiger partial charge in [0.1, 0.15) is 5.82 Å². The number of carbonyl (C=O) groups is 2. The van der Waals surface area contributed by atoms with E-state index in [1.165, 1.54) is 43.3 Å². The maximum Gasteiger partial charge on any atom is 0.417 e. The van der Waals surface area contributed by atoms with Gasteiger partial charge in [0.05, 0.1) is 33.8 Å². The SMILES string of the molecule is CNC(=O)c1cnc(-c2ccccc2)c(NC(=O)c2cc(-c3ccn(C)n3)c(C(F)(F)F)cc2F)c1. The van der Waals surface area contributed by atoms with Crippen LogP contribution in [0, 0.1) is 5.82 Å². The lowest BCUT2D eigenvalue weighted by Crippen LogP contribution is -2.20. The predicted molar refractivity (Wildman–Crippen MR) is 125 cm³/mol. The fraction of sp³-hybridized carbons (Fsp3) is 0.120. The summed E-state index contributed by atoms with van der Waals surface area (Å²) in [6, 6.07) is 12.5. The number of benzene rings is 2. The molecule has 0 aliphatic carbocycles. The van der Waals surface area contributed by atoms with E-state index in [2.05, 4.69) is 20.7 Å². The minimum atomic E-state index is -4.88. The van der Waals surface area contributed by atoms with Crippen molar-refractivity contribution in [3.63, 3.8) is 0 Å². The van der Waals surface area contributed by atoms with Crippen LogP contribution in [0.4, 0.5) is 23.2 Å². The molecule has 0 atom stereocenters. The molecule has 2 heterocycles. The van der Waals surface area contributed by atoms with Crippen LogP contribution in [0.1, 0.15) is 26.3 Å². The minimum Gasteiger partial charge on any atom is -0.355 e. The molecule has 0 aliphatic heterocycles. The van der Waals surface area contributed by atoms with Gasteiger partial charge in [-0.3, -0.25) is 19.3 Å². The predicted octanol–water partition coefficient (Wildman–Crippen LogP) is 4.92. The summed E-state index contributed by atoms with van der Waals surface area (Å²) in [6.45, 7) is 0. The minimum absolute atomic E-state index is 0.0750. The Balaban J connectivity index is 1.81. The molecule has 184 valence electrons. The Morgan fingerprint density at radius 3 is 2.33 bits per heavy atom. The van der Waals surface area contributed by atoms with Crippen LogP contribution in [0.2, 0.25) is 0 Å². The molecule has 0 fully saturated rings. The number of rotatable bonds is 5. The first-order valence-corrected chi connectivity index (χ1v) is 10.6.